The number of hydrogen-bond acceptors (Lipinski definition) is 8. The van der Waals surface area contributed by atoms with E-state index in [4.69, 9.17) is 10.2 Å². The Labute approximate surface area is 80.8 Å². The van der Waals surface area contributed by atoms with Crippen molar-refractivity contribution in [3.8, 4) is 0 Å². The fraction of sp³-hybridized carbons (Fsp3) is 1.00. The van der Waals surface area contributed by atoms with Gasteiger partial charge in [0.15, 0.2) is 27.2 Å². The van der Waals surface area contributed by atoms with Gasteiger partial charge in [-0.05, 0) is 0 Å². The van der Waals surface area contributed by atoms with E-state index in [0.29, 0.717) is 0 Å². The maximum absolute atomic E-state index is 8.16. The predicted molar refractivity (Wildman–Crippen MR) is 40.1 cm³/mol. The van der Waals surface area contributed by atoms with Gasteiger partial charge in [-0.15, -0.1) is 0 Å². The molecule has 2 N–H and O–H groups in total. The molecule has 0 unspecified atom stereocenters. The molecule has 86 valence electrons. The monoisotopic (exact) mass is 214 g/mol. The normalized spacial score (nSPS) is 10.7. The molecule has 0 aromatic rings. The van der Waals surface area contributed by atoms with Crippen molar-refractivity contribution in [2.75, 3.05) is 40.8 Å². The minimum atomic E-state index is -0.414. The molecule has 0 saturated heterocycles. The maximum atomic E-state index is 8.16. The van der Waals surface area contributed by atoms with Crippen LogP contribution < -0.4 is 0 Å². The minimum absolute atomic E-state index is 0.0889. The summed E-state index contributed by atoms with van der Waals surface area (Å²) < 4.78 is 18.1. The lowest BCUT2D eigenvalue weighted by atomic mass is 11.3. The highest BCUT2D eigenvalue weighted by atomic mass is 17.2. The SMILES string of the molecule is OCOCOCOOCOCOCO. The average Bonchev–Trinajstić information content (AvgIpc) is 2.21. The first kappa shape index (κ1) is 13.7. The van der Waals surface area contributed by atoms with Crippen LogP contribution in [0.5, 0.6) is 0 Å². The van der Waals surface area contributed by atoms with Crippen molar-refractivity contribution >= 4 is 0 Å². The van der Waals surface area contributed by atoms with Gasteiger partial charge in [-0.25, -0.2) is 9.78 Å². The molecule has 8 nitrogen and oxygen atoms in total. The Bertz CT molecular complexity index is 87.8. The van der Waals surface area contributed by atoms with E-state index in [1.807, 2.05) is 0 Å². The van der Waals surface area contributed by atoms with Crippen LogP contribution in [0, 0.1) is 0 Å². The Balaban J connectivity index is 2.78. The first-order valence-corrected chi connectivity index (χ1v) is 3.69. The molecule has 0 aliphatic rings. The molecule has 0 amide bonds. The quantitative estimate of drug-likeness (QED) is 0.190. The molecule has 14 heavy (non-hydrogen) atoms. The molecule has 0 rings (SSSR count). The summed E-state index contributed by atoms with van der Waals surface area (Å²) in [6.45, 7) is -1.30. The molecule has 0 bridgehead atoms. The molecule has 0 fully saturated rings. The van der Waals surface area contributed by atoms with E-state index in [2.05, 4.69) is 28.7 Å². The van der Waals surface area contributed by atoms with Gasteiger partial charge in [0.1, 0.15) is 13.6 Å². The molecule has 0 saturated carbocycles. The average molecular weight is 214 g/mol. The molecular weight excluding hydrogens is 200 g/mol. The number of hydrogen-bond donors (Lipinski definition) is 2. The van der Waals surface area contributed by atoms with Crippen LogP contribution in [0.1, 0.15) is 0 Å². The fourth-order valence-corrected chi connectivity index (χ4v) is 0.397. The van der Waals surface area contributed by atoms with Gasteiger partial charge in [-0.1, -0.05) is 0 Å². The second-order valence-corrected chi connectivity index (χ2v) is 1.78. The second-order valence-electron chi connectivity index (χ2n) is 1.78. The Morgan fingerprint density at radius 3 is 1.36 bits per heavy atom. The summed E-state index contributed by atoms with van der Waals surface area (Å²) >= 11 is 0. The van der Waals surface area contributed by atoms with E-state index in [1.54, 1.807) is 0 Å². The molecule has 0 aliphatic heterocycles. The second kappa shape index (κ2) is 12.7. The van der Waals surface area contributed by atoms with Gasteiger partial charge in [-0.2, -0.15) is 0 Å². The highest BCUT2D eigenvalue weighted by Gasteiger charge is 1.90. The van der Waals surface area contributed by atoms with Crippen LogP contribution in [0.3, 0.4) is 0 Å². The number of aliphatic hydroxyl groups excluding tert-OH is 2. The number of ether oxygens (including phenoxy) is 4. The number of rotatable bonds is 11. The summed E-state index contributed by atoms with van der Waals surface area (Å²) in [5.74, 6) is 0. The summed E-state index contributed by atoms with van der Waals surface area (Å²) in [7, 11) is 0. The zero-order valence-electron chi connectivity index (χ0n) is 7.59. The molecule has 0 spiro atoms. The fourth-order valence-electron chi connectivity index (χ4n) is 0.397. The van der Waals surface area contributed by atoms with Crippen molar-refractivity contribution in [1.29, 1.82) is 0 Å². The summed E-state index contributed by atoms with van der Waals surface area (Å²) in [6, 6.07) is 0. The van der Waals surface area contributed by atoms with E-state index in [1.165, 1.54) is 0 Å². The van der Waals surface area contributed by atoms with Crippen LogP contribution in [-0.2, 0) is 28.7 Å². The van der Waals surface area contributed by atoms with Crippen LogP contribution in [0.2, 0.25) is 0 Å². The Morgan fingerprint density at radius 1 is 0.571 bits per heavy atom. The zero-order chi connectivity index (χ0) is 10.5. The first-order chi connectivity index (χ1) is 6.91. The largest absolute Gasteiger partial charge is 0.371 e. The number of aliphatic hydroxyl groups is 2. The smallest absolute Gasteiger partial charge is 0.183 e. The Kier molecular flexibility index (Phi) is 12.4. The lowest BCUT2D eigenvalue weighted by Gasteiger charge is -2.05. The van der Waals surface area contributed by atoms with Crippen molar-refractivity contribution in [3.63, 3.8) is 0 Å². The third-order valence-electron chi connectivity index (χ3n) is 0.862. The van der Waals surface area contributed by atoms with E-state index in [0.717, 1.165) is 0 Å². The van der Waals surface area contributed by atoms with Gasteiger partial charge in [0.2, 0.25) is 0 Å². The topological polar surface area (TPSA) is 95.8 Å². The van der Waals surface area contributed by atoms with Crippen LogP contribution in [0.4, 0.5) is 0 Å². The van der Waals surface area contributed by atoms with Crippen molar-refractivity contribution in [3.05, 3.63) is 0 Å². The predicted octanol–water partition coefficient (Wildman–Crippen LogP) is -1.27. The molecule has 0 aliphatic carbocycles. The summed E-state index contributed by atoms with van der Waals surface area (Å²) in [5, 5.41) is 16.3. The Morgan fingerprint density at radius 2 is 1.00 bits per heavy atom. The van der Waals surface area contributed by atoms with E-state index < -0.39 is 13.6 Å². The minimum Gasteiger partial charge on any atom is -0.371 e. The van der Waals surface area contributed by atoms with Crippen molar-refractivity contribution in [2.45, 2.75) is 0 Å². The zero-order valence-corrected chi connectivity index (χ0v) is 7.59. The molecule has 0 atom stereocenters. The van der Waals surface area contributed by atoms with Crippen molar-refractivity contribution in [2.24, 2.45) is 0 Å². The molecular formula is C6H14O8. The molecule has 0 heterocycles. The first-order valence-electron chi connectivity index (χ1n) is 3.69. The third kappa shape index (κ3) is 11.7. The van der Waals surface area contributed by atoms with Gasteiger partial charge in [-0.3, -0.25) is 0 Å². The van der Waals surface area contributed by atoms with Crippen molar-refractivity contribution < 1.29 is 38.9 Å². The van der Waals surface area contributed by atoms with E-state index in [-0.39, 0.29) is 27.2 Å². The highest BCUT2D eigenvalue weighted by molar-refractivity contribution is 3.99. The van der Waals surface area contributed by atoms with Gasteiger partial charge in [0.25, 0.3) is 0 Å². The molecule has 8 heteroatoms. The van der Waals surface area contributed by atoms with Crippen molar-refractivity contribution in [1.82, 2.24) is 0 Å². The van der Waals surface area contributed by atoms with Crippen LogP contribution in [0.25, 0.3) is 0 Å². The lowest BCUT2D eigenvalue weighted by molar-refractivity contribution is -0.381. The summed E-state index contributed by atoms with van der Waals surface area (Å²) in [6.07, 6.45) is 0. The van der Waals surface area contributed by atoms with Crippen LogP contribution in [-0.4, -0.2) is 51.0 Å². The maximum Gasteiger partial charge on any atom is 0.183 e. The lowest BCUT2D eigenvalue weighted by Crippen LogP contribution is -2.09. The van der Waals surface area contributed by atoms with Crippen LogP contribution in [0.15, 0.2) is 0 Å². The van der Waals surface area contributed by atoms with Gasteiger partial charge >= 0.3 is 0 Å². The highest BCUT2D eigenvalue weighted by Crippen LogP contribution is 1.84. The summed E-state index contributed by atoms with van der Waals surface area (Å²) in [5.41, 5.74) is 0. The Hall–Kier alpha value is -0.320. The molecule has 0 radical (unpaired) electrons. The third-order valence-corrected chi connectivity index (χ3v) is 0.862. The van der Waals surface area contributed by atoms with Gasteiger partial charge < -0.3 is 29.2 Å². The van der Waals surface area contributed by atoms with E-state index >= 15 is 0 Å². The standard InChI is InChI=1S/C6H14O8/c7-1-9-3-11-5-13-14-6-12-4-10-2-8/h7-8H,1-6H2. The van der Waals surface area contributed by atoms with Gasteiger partial charge in [0.05, 0.1) is 0 Å². The molecule has 0 aromatic heterocycles. The van der Waals surface area contributed by atoms with E-state index in [9.17, 15) is 0 Å². The van der Waals surface area contributed by atoms with Gasteiger partial charge in [0, 0.05) is 0 Å². The van der Waals surface area contributed by atoms with Crippen LogP contribution >= 0.6 is 0 Å². The summed E-state index contributed by atoms with van der Waals surface area (Å²) in [4.78, 5) is 8.87. The molecule has 0 aromatic carbocycles.